The number of nitrogens with one attached hydrogen (secondary N) is 1. The summed E-state index contributed by atoms with van der Waals surface area (Å²) in [5.74, 6) is -1.06. The molecular weight excluding hydrogens is 381 g/mol. The number of alkyl halides is 3. The number of carbonyl (C=O) groups is 2. The van der Waals surface area contributed by atoms with E-state index in [1.54, 1.807) is 12.1 Å². The van der Waals surface area contributed by atoms with Crippen LogP contribution in [0.1, 0.15) is 11.3 Å². The Kier molecular flexibility index (Phi) is 4.95. The van der Waals surface area contributed by atoms with Crippen LogP contribution < -0.4 is 10.2 Å². The fraction of sp³-hybridized carbons (Fsp3) is 0.0556. The molecule has 1 saturated heterocycles. The highest BCUT2D eigenvalue weighted by atomic mass is 32.1. The van der Waals surface area contributed by atoms with Crippen LogP contribution in [-0.2, 0) is 15.8 Å². The number of hydrogen-bond acceptors (Lipinski definition) is 4. The molecule has 1 aliphatic rings. The topological polar surface area (TPSA) is 62.6 Å². The summed E-state index contributed by atoms with van der Waals surface area (Å²) in [5, 5.41) is 2.01. The number of amides is 2. The monoisotopic (exact) mass is 392 g/mol. The lowest BCUT2D eigenvalue weighted by molar-refractivity contribution is -0.137. The second-order valence-electron chi connectivity index (χ2n) is 5.40. The third kappa shape index (κ3) is 3.98. The fourth-order valence-corrected chi connectivity index (χ4v) is 2.64. The molecule has 0 atom stereocenters. The number of anilines is 1. The van der Waals surface area contributed by atoms with Gasteiger partial charge in [-0.1, -0.05) is 12.1 Å². The lowest BCUT2D eigenvalue weighted by Gasteiger charge is -2.29. The van der Waals surface area contributed by atoms with Crippen LogP contribution in [0.3, 0.4) is 0 Å². The van der Waals surface area contributed by atoms with Crippen LogP contribution in [0.5, 0.6) is 0 Å². The van der Waals surface area contributed by atoms with Crippen LogP contribution in [0.15, 0.2) is 64.8 Å². The van der Waals surface area contributed by atoms with E-state index < -0.39 is 23.6 Å². The lowest BCUT2D eigenvalue weighted by atomic mass is 10.1. The number of furan rings is 1. The minimum atomic E-state index is -4.58. The molecule has 9 heteroatoms. The van der Waals surface area contributed by atoms with E-state index >= 15 is 0 Å². The van der Waals surface area contributed by atoms with Gasteiger partial charge in [0.25, 0.3) is 11.8 Å². The van der Waals surface area contributed by atoms with Gasteiger partial charge in [0, 0.05) is 0 Å². The van der Waals surface area contributed by atoms with Crippen molar-refractivity contribution in [1.82, 2.24) is 5.32 Å². The highest BCUT2D eigenvalue weighted by Gasteiger charge is 2.36. The van der Waals surface area contributed by atoms with Crippen LogP contribution in [0, 0.1) is 0 Å². The van der Waals surface area contributed by atoms with E-state index in [1.807, 2.05) is 0 Å². The second-order valence-corrected chi connectivity index (χ2v) is 5.79. The summed E-state index contributed by atoms with van der Waals surface area (Å²) in [6.45, 7) is 0. The van der Waals surface area contributed by atoms with Crippen LogP contribution in [0.25, 0.3) is 6.08 Å². The van der Waals surface area contributed by atoms with Gasteiger partial charge in [0.1, 0.15) is 11.3 Å². The number of benzene rings is 1. The highest BCUT2D eigenvalue weighted by molar-refractivity contribution is 7.80. The Hall–Kier alpha value is -3.20. The van der Waals surface area contributed by atoms with Crippen molar-refractivity contribution in [2.45, 2.75) is 6.18 Å². The summed E-state index contributed by atoms with van der Waals surface area (Å²) in [7, 11) is 0. The van der Waals surface area contributed by atoms with Gasteiger partial charge in [-0.3, -0.25) is 19.8 Å². The first kappa shape index (κ1) is 18.6. The molecule has 0 saturated carbocycles. The SMILES string of the molecule is O=C1NC(=S)N(c2cccc(C(F)(F)F)c2)C(=O)/C1=C/C=C/c1ccco1. The van der Waals surface area contributed by atoms with E-state index in [2.05, 4.69) is 5.32 Å². The van der Waals surface area contributed by atoms with Gasteiger partial charge in [-0.25, -0.2) is 0 Å². The Morgan fingerprint density at radius 1 is 1.15 bits per heavy atom. The molecule has 0 bridgehead atoms. The summed E-state index contributed by atoms with van der Waals surface area (Å²) in [6, 6.07) is 7.46. The molecule has 1 N–H and O–H groups in total. The molecule has 1 aliphatic heterocycles. The molecule has 0 spiro atoms. The molecule has 1 aromatic carbocycles. The molecule has 2 aromatic rings. The molecule has 2 amide bonds. The first-order chi connectivity index (χ1) is 12.8. The van der Waals surface area contributed by atoms with Gasteiger partial charge in [0.2, 0.25) is 0 Å². The largest absolute Gasteiger partial charge is 0.465 e. The van der Waals surface area contributed by atoms with Crippen LogP contribution in [0.2, 0.25) is 0 Å². The maximum absolute atomic E-state index is 12.9. The minimum Gasteiger partial charge on any atom is -0.465 e. The van der Waals surface area contributed by atoms with Crippen molar-refractivity contribution in [2.75, 3.05) is 4.90 Å². The third-order valence-electron chi connectivity index (χ3n) is 3.60. The number of allylic oxidation sites excluding steroid dienone is 2. The van der Waals surface area contributed by atoms with E-state index in [0.717, 1.165) is 23.1 Å². The highest BCUT2D eigenvalue weighted by Crippen LogP contribution is 2.32. The van der Waals surface area contributed by atoms with E-state index in [-0.39, 0.29) is 16.4 Å². The third-order valence-corrected chi connectivity index (χ3v) is 3.88. The molecule has 0 unspecified atom stereocenters. The van der Waals surface area contributed by atoms with Crippen LogP contribution in [0.4, 0.5) is 18.9 Å². The Morgan fingerprint density at radius 3 is 2.59 bits per heavy atom. The summed E-state index contributed by atoms with van der Waals surface area (Å²) >= 11 is 4.96. The Labute approximate surface area is 156 Å². The van der Waals surface area contributed by atoms with Crippen molar-refractivity contribution in [2.24, 2.45) is 0 Å². The number of nitrogens with zero attached hydrogens (tertiary/aromatic N) is 1. The average Bonchev–Trinajstić information content (AvgIpc) is 3.10. The van der Waals surface area contributed by atoms with Gasteiger partial charge in [-0.2, -0.15) is 13.2 Å². The summed E-state index contributed by atoms with van der Waals surface area (Å²) in [6.07, 6.45) is 1.06. The number of hydrogen-bond donors (Lipinski definition) is 1. The van der Waals surface area contributed by atoms with E-state index in [4.69, 9.17) is 16.6 Å². The number of thiocarbonyl (C=S) groups is 1. The maximum Gasteiger partial charge on any atom is 0.416 e. The Morgan fingerprint density at radius 2 is 1.93 bits per heavy atom. The molecule has 1 fully saturated rings. The standard InChI is InChI=1S/C18H11F3N2O3S/c19-18(20,21)11-4-1-5-12(10-11)23-16(25)14(15(24)22-17(23)27)8-2-6-13-7-3-9-26-13/h1-10H,(H,22,24,27)/b6-2+,14-8+. The molecule has 138 valence electrons. The molecule has 3 rings (SSSR count). The van der Waals surface area contributed by atoms with Crippen LogP contribution >= 0.6 is 12.2 Å². The van der Waals surface area contributed by atoms with E-state index in [9.17, 15) is 22.8 Å². The fourth-order valence-electron chi connectivity index (χ4n) is 2.36. The summed E-state index contributed by atoms with van der Waals surface area (Å²) in [5.41, 5.74) is -1.31. The van der Waals surface area contributed by atoms with Gasteiger partial charge < -0.3 is 4.42 Å². The van der Waals surface area contributed by atoms with Gasteiger partial charge in [0.05, 0.1) is 17.5 Å². The molecule has 2 heterocycles. The lowest BCUT2D eigenvalue weighted by Crippen LogP contribution is -2.54. The number of carbonyl (C=O) groups excluding carboxylic acids is 2. The van der Waals surface area contributed by atoms with Crippen molar-refractivity contribution in [3.05, 3.63) is 71.7 Å². The van der Waals surface area contributed by atoms with Gasteiger partial charge in [-0.15, -0.1) is 0 Å². The second kappa shape index (κ2) is 7.20. The quantitative estimate of drug-likeness (QED) is 0.492. The van der Waals surface area contributed by atoms with Crippen molar-refractivity contribution >= 4 is 40.9 Å². The van der Waals surface area contributed by atoms with Crippen molar-refractivity contribution in [1.29, 1.82) is 0 Å². The van der Waals surface area contributed by atoms with Crippen molar-refractivity contribution in [3.63, 3.8) is 0 Å². The Balaban J connectivity index is 1.93. The van der Waals surface area contributed by atoms with Gasteiger partial charge >= 0.3 is 6.18 Å². The molecule has 0 radical (unpaired) electrons. The predicted octanol–water partition coefficient (Wildman–Crippen LogP) is 3.69. The summed E-state index contributed by atoms with van der Waals surface area (Å²) < 4.78 is 43.9. The number of rotatable bonds is 3. The minimum absolute atomic E-state index is 0.0965. The van der Waals surface area contributed by atoms with Gasteiger partial charge in [0.15, 0.2) is 5.11 Å². The van der Waals surface area contributed by atoms with Crippen molar-refractivity contribution < 1.29 is 27.2 Å². The van der Waals surface area contributed by atoms with E-state index in [0.29, 0.717) is 5.76 Å². The van der Waals surface area contributed by atoms with Crippen LogP contribution in [-0.4, -0.2) is 16.9 Å². The number of halogens is 3. The molecule has 27 heavy (non-hydrogen) atoms. The average molecular weight is 392 g/mol. The van der Waals surface area contributed by atoms with E-state index in [1.165, 1.54) is 30.6 Å². The zero-order valence-electron chi connectivity index (χ0n) is 13.5. The first-order valence-electron chi connectivity index (χ1n) is 7.56. The summed E-state index contributed by atoms with van der Waals surface area (Å²) in [4.78, 5) is 25.6. The maximum atomic E-state index is 12.9. The molecular formula is C18H11F3N2O3S. The van der Waals surface area contributed by atoms with Crippen molar-refractivity contribution in [3.8, 4) is 0 Å². The Bertz CT molecular complexity index is 962. The molecule has 0 aliphatic carbocycles. The molecule has 1 aromatic heterocycles. The zero-order chi connectivity index (χ0) is 19.6. The first-order valence-corrected chi connectivity index (χ1v) is 7.97. The van der Waals surface area contributed by atoms with Gasteiger partial charge in [-0.05, 0) is 54.7 Å². The predicted molar refractivity (Wildman–Crippen MR) is 95.5 cm³/mol. The normalized spacial score (nSPS) is 17.1. The zero-order valence-corrected chi connectivity index (χ0v) is 14.3. The molecule has 5 nitrogen and oxygen atoms in total. The smallest absolute Gasteiger partial charge is 0.416 e.